The maximum atomic E-state index is 13.0. The average molecular weight is 226 g/mol. The van der Waals surface area contributed by atoms with E-state index in [4.69, 9.17) is 0 Å². The number of nitrogens with one attached hydrogen (secondary N) is 1. The van der Waals surface area contributed by atoms with Crippen molar-refractivity contribution in [2.75, 3.05) is 0 Å². The Balaban J connectivity index is 2.84. The molecule has 0 spiro atoms. The Hall–Kier alpha value is -1.49. The molecule has 1 atom stereocenters. The highest BCUT2D eigenvalue weighted by Crippen LogP contribution is 2.19. The average Bonchev–Trinajstić information content (AvgIpc) is 2.25. The third-order valence-corrected chi connectivity index (χ3v) is 2.49. The van der Waals surface area contributed by atoms with Gasteiger partial charge in [0.2, 0.25) is 0 Å². The Morgan fingerprint density at radius 3 is 2.81 bits per heavy atom. The Labute approximate surface area is 93.6 Å². The highest BCUT2D eigenvalue weighted by molar-refractivity contribution is 5.40. The number of benzene rings is 1. The quantitative estimate of drug-likeness (QED) is 0.620. The van der Waals surface area contributed by atoms with E-state index in [-0.39, 0.29) is 11.7 Å². The first-order valence-electron chi connectivity index (χ1n) is 5.20. The van der Waals surface area contributed by atoms with Crippen LogP contribution in [0, 0.1) is 15.9 Å². The topological polar surface area (TPSA) is 55.2 Å². The number of rotatable bonds is 5. The van der Waals surface area contributed by atoms with Gasteiger partial charge in [0, 0.05) is 24.2 Å². The van der Waals surface area contributed by atoms with Crippen molar-refractivity contribution >= 4 is 5.69 Å². The highest BCUT2D eigenvalue weighted by atomic mass is 19.1. The van der Waals surface area contributed by atoms with E-state index in [1.165, 1.54) is 12.1 Å². The summed E-state index contributed by atoms with van der Waals surface area (Å²) in [6.07, 6.45) is 0.920. The molecule has 0 aromatic heterocycles. The molecule has 1 aromatic carbocycles. The third-order valence-electron chi connectivity index (χ3n) is 2.49. The van der Waals surface area contributed by atoms with Crippen LogP contribution in [0.25, 0.3) is 0 Å². The first kappa shape index (κ1) is 12.6. The van der Waals surface area contributed by atoms with Crippen molar-refractivity contribution in [1.29, 1.82) is 0 Å². The van der Waals surface area contributed by atoms with Gasteiger partial charge in [-0.3, -0.25) is 10.1 Å². The van der Waals surface area contributed by atoms with Gasteiger partial charge in [-0.05, 0) is 25.5 Å². The van der Waals surface area contributed by atoms with E-state index in [0.717, 1.165) is 12.5 Å². The van der Waals surface area contributed by atoms with E-state index in [1.54, 1.807) is 0 Å². The lowest BCUT2D eigenvalue weighted by Gasteiger charge is -2.11. The number of hydrogen-bond donors (Lipinski definition) is 1. The maximum absolute atomic E-state index is 13.0. The monoisotopic (exact) mass is 226 g/mol. The van der Waals surface area contributed by atoms with Crippen LogP contribution in [-0.4, -0.2) is 11.0 Å². The minimum absolute atomic E-state index is 0.0443. The zero-order chi connectivity index (χ0) is 12.1. The zero-order valence-corrected chi connectivity index (χ0v) is 9.37. The van der Waals surface area contributed by atoms with Crippen LogP contribution in [0.1, 0.15) is 25.8 Å². The van der Waals surface area contributed by atoms with E-state index < -0.39 is 10.7 Å². The summed E-state index contributed by atoms with van der Waals surface area (Å²) in [5.74, 6) is -0.452. The molecule has 88 valence electrons. The molecular formula is C11H15FN2O2. The molecule has 5 heteroatoms. The van der Waals surface area contributed by atoms with Crippen LogP contribution in [0.15, 0.2) is 18.2 Å². The Bertz CT molecular complexity index is 382. The summed E-state index contributed by atoms with van der Waals surface area (Å²) in [5.41, 5.74) is 0.336. The van der Waals surface area contributed by atoms with Gasteiger partial charge in [0.15, 0.2) is 0 Å². The first-order valence-corrected chi connectivity index (χ1v) is 5.20. The molecule has 4 nitrogen and oxygen atoms in total. The van der Waals surface area contributed by atoms with Crippen molar-refractivity contribution < 1.29 is 9.31 Å². The predicted molar refractivity (Wildman–Crippen MR) is 59.6 cm³/mol. The number of nitro groups is 1. The van der Waals surface area contributed by atoms with Crippen molar-refractivity contribution in [3.05, 3.63) is 39.7 Å². The summed E-state index contributed by atoms with van der Waals surface area (Å²) in [5, 5.41) is 13.8. The molecule has 1 rings (SSSR count). The minimum Gasteiger partial charge on any atom is -0.310 e. The number of hydrogen-bond acceptors (Lipinski definition) is 3. The van der Waals surface area contributed by atoms with E-state index in [0.29, 0.717) is 12.1 Å². The molecule has 1 unspecified atom stereocenters. The zero-order valence-electron chi connectivity index (χ0n) is 9.37. The Morgan fingerprint density at radius 1 is 1.56 bits per heavy atom. The molecule has 0 radical (unpaired) electrons. The summed E-state index contributed by atoms with van der Waals surface area (Å²) in [4.78, 5) is 10.2. The normalized spacial score (nSPS) is 12.4. The standard InChI is InChI=1S/C11H15FN2O2/c1-3-8(2)13-7-9-6-10(12)4-5-11(9)14(15)16/h4-6,8,13H,3,7H2,1-2H3. The van der Waals surface area contributed by atoms with Crippen molar-refractivity contribution in [3.8, 4) is 0 Å². The fraction of sp³-hybridized carbons (Fsp3) is 0.455. The Morgan fingerprint density at radius 2 is 2.25 bits per heavy atom. The first-order chi connectivity index (χ1) is 7.54. The lowest BCUT2D eigenvalue weighted by molar-refractivity contribution is -0.385. The molecule has 16 heavy (non-hydrogen) atoms. The van der Waals surface area contributed by atoms with Gasteiger partial charge in [0.1, 0.15) is 5.82 Å². The second-order valence-corrected chi connectivity index (χ2v) is 3.72. The lowest BCUT2D eigenvalue weighted by atomic mass is 10.1. The van der Waals surface area contributed by atoms with E-state index in [9.17, 15) is 14.5 Å². The van der Waals surface area contributed by atoms with Crippen molar-refractivity contribution in [1.82, 2.24) is 5.32 Å². The molecule has 0 bridgehead atoms. The van der Waals surface area contributed by atoms with Crippen molar-refractivity contribution in [2.24, 2.45) is 0 Å². The summed E-state index contributed by atoms with van der Waals surface area (Å²) >= 11 is 0. The number of nitrogens with zero attached hydrogens (tertiary/aromatic N) is 1. The summed E-state index contributed by atoms with van der Waals surface area (Å²) in [6.45, 7) is 4.30. The minimum atomic E-state index is -0.493. The van der Waals surface area contributed by atoms with Gasteiger partial charge in [-0.1, -0.05) is 6.92 Å². The van der Waals surface area contributed by atoms with Gasteiger partial charge in [-0.25, -0.2) is 4.39 Å². The molecule has 0 aliphatic rings. The fourth-order valence-electron chi connectivity index (χ4n) is 1.30. The SMILES string of the molecule is CCC(C)NCc1cc(F)ccc1[N+](=O)[O-]. The largest absolute Gasteiger partial charge is 0.310 e. The molecule has 0 heterocycles. The molecule has 0 saturated heterocycles. The molecule has 0 saturated carbocycles. The van der Waals surface area contributed by atoms with E-state index in [2.05, 4.69) is 5.32 Å². The summed E-state index contributed by atoms with van der Waals surface area (Å²) in [7, 11) is 0. The third kappa shape index (κ3) is 3.27. The highest BCUT2D eigenvalue weighted by Gasteiger charge is 2.14. The molecule has 0 aliphatic heterocycles. The van der Waals surface area contributed by atoms with Gasteiger partial charge >= 0.3 is 0 Å². The van der Waals surface area contributed by atoms with Crippen LogP contribution in [0.2, 0.25) is 0 Å². The Kier molecular flexibility index (Phi) is 4.37. The van der Waals surface area contributed by atoms with Gasteiger partial charge in [0.05, 0.1) is 4.92 Å². The van der Waals surface area contributed by atoms with Gasteiger partial charge in [-0.15, -0.1) is 0 Å². The van der Waals surface area contributed by atoms with Crippen LogP contribution in [0.5, 0.6) is 0 Å². The van der Waals surface area contributed by atoms with Crippen LogP contribution in [0.4, 0.5) is 10.1 Å². The molecule has 0 amide bonds. The van der Waals surface area contributed by atoms with Gasteiger partial charge in [0.25, 0.3) is 5.69 Å². The fourth-order valence-corrected chi connectivity index (χ4v) is 1.30. The predicted octanol–water partition coefficient (Wildman–Crippen LogP) is 2.62. The molecule has 1 N–H and O–H groups in total. The molecule has 0 aliphatic carbocycles. The second kappa shape index (κ2) is 5.55. The van der Waals surface area contributed by atoms with Crippen LogP contribution < -0.4 is 5.32 Å². The van der Waals surface area contributed by atoms with Crippen LogP contribution in [0.3, 0.4) is 0 Å². The maximum Gasteiger partial charge on any atom is 0.274 e. The molecular weight excluding hydrogens is 211 g/mol. The molecule has 0 fully saturated rings. The molecule has 1 aromatic rings. The summed E-state index contributed by atoms with van der Waals surface area (Å²) in [6, 6.07) is 3.75. The van der Waals surface area contributed by atoms with E-state index in [1.807, 2.05) is 13.8 Å². The van der Waals surface area contributed by atoms with E-state index >= 15 is 0 Å². The smallest absolute Gasteiger partial charge is 0.274 e. The lowest BCUT2D eigenvalue weighted by Crippen LogP contribution is -2.24. The summed E-state index contributed by atoms with van der Waals surface area (Å²) < 4.78 is 13.0. The van der Waals surface area contributed by atoms with Gasteiger partial charge in [-0.2, -0.15) is 0 Å². The van der Waals surface area contributed by atoms with Gasteiger partial charge < -0.3 is 5.32 Å². The number of halogens is 1. The van der Waals surface area contributed by atoms with Crippen molar-refractivity contribution in [3.63, 3.8) is 0 Å². The van der Waals surface area contributed by atoms with Crippen molar-refractivity contribution in [2.45, 2.75) is 32.9 Å². The van der Waals surface area contributed by atoms with Crippen LogP contribution >= 0.6 is 0 Å². The van der Waals surface area contributed by atoms with Crippen LogP contribution in [-0.2, 0) is 6.54 Å². The second-order valence-electron chi connectivity index (χ2n) is 3.72. The number of nitro benzene ring substituents is 1.